The molecule has 1 nitrogen and oxygen atoms in total. The smallest absolute Gasteiger partial charge is 0.0315 e. The van der Waals surface area contributed by atoms with E-state index in [4.69, 9.17) is 5.73 Å². The van der Waals surface area contributed by atoms with Crippen molar-refractivity contribution in [2.75, 3.05) is 0 Å². The normalized spacial score (nSPS) is 20.8. The van der Waals surface area contributed by atoms with Crippen LogP contribution < -0.4 is 5.73 Å². The Kier molecular flexibility index (Phi) is 2.77. The molecular weight excluding hydrogens is 246 g/mol. The SMILES string of the molecule is NC1(Cc2sccc2Br)CCCC1. The Morgan fingerprint density at radius 2 is 2.15 bits per heavy atom. The van der Waals surface area contributed by atoms with Crippen LogP contribution >= 0.6 is 27.3 Å². The third kappa shape index (κ3) is 2.14. The molecule has 0 aromatic carbocycles. The van der Waals surface area contributed by atoms with Gasteiger partial charge in [0.05, 0.1) is 0 Å². The Morgan fingerprint density at radius 1 is 1.46 bits per heavy atom. The van der Waals surface area contributed by atoms with Gasteiger partial charge in [-0.05, 0) is 40.2 Å². The summed E-state index contributed by atoms with van der Waals surface area (Å²) in [5, 5.41) is 2.12. The molecule has 1 aliphatic carbocycles. The first-order valence-electron chi connectivity index (χ1n) is 4.70. The summed E-state index contributed by atoms with van der Waals surface area (Å²) in [5.41, 5.74) is 6.40. The van der Waals surface area contributed by atoms with Crippen molar-refractivity contribution in [3.63, 3.8) is 0 Å². The predicted octanol–water partition coefficient (Wildman–Crippen LogP) is 3.32. The molecule has 1 saturated carbocycles. The summed E-state index contributed by atoms with van der Waals surface area (Å²) in [5.74, 6) is 0. The second-order valence-corrected chi connectivity index (χ2v) is 5.79. The minimum atomic E-state index is 0.0906. The van der Waals surface area contributed by atoms with E-state index in [1.807, 2.05) is 11.3 Å². The molecule has 13 heavy (non-hydrogen) atoms. The number of halogens is 1. The number of hydrogen-bond donors (Lipinski definition) is 1. The zero-order valence-electron chi connectivity index (χ0n) is 7.55. The van der Waals surface area contributed by atoms with Gasteiger partial charge in [-0.1, -0.05) is 12.8 Å². The van der Waals surface area contributed by atoms with Gasteiger partial charge in [0.2, 0.25) is 0 Å². The van der Waals surface area contributed by atoms with Crippen molar-refractivity contribution >= 4 is 27.3 Å². The van der Waals surface area contributed by atoms with Gasteiger partial charge in [0.15, 0.2) is 0 Å². The van der Waals surface area contributed by atoms with E-state index in [0.29, 0.717) is 0 Å². The Balaban J connectivity index is 2.09. The molecule has 0 atom stereocenters. The van der Waals surface area contributed by atoms with Gasteiger partial charge < -0.3 is 5.73 Å². The van der Waals surface area contributed by atoms with Crippen LogP contribution in [0.4, 0.5) is 0 Å². The van der Waals surface area contributed by atoms with Gasteiger partial charge in [-0.2, -0.15) is 0 Å². The third-order valence-corrected chi connectivity index (χ3v) is 4.73. The van der Waals surface area contributed by atoms with E-state index in [2.05, 4.69) is 27.4 Å². The van der Waals surface area contributed by atoms with Crippen molar-refractivity contribution in [1.82, 2.24) is 0 Å². The highest BCUT2D eigenvalue weighted by atomic mass is 79.9. The van der Waals surface area contributed by atoms with Gasteiger partial charge in [-0.25, -0.2) is 0 Å². The minimum Gasteiger partial charge on any atom is -0.325 e. The van der Waals surface area contributed by atoms with Crippen molar-refractivity contribution in [3.8, 4) is 0 Å². The molecule has 1 fully saturated rings. The standard InChI is InChI=1S/C10H14BrNS/c11-8-3-6-13-9(8)7-10(12)4-1-2-5-10/h3,6H,1-2,4-5,7,12H2. The van der Waals surface area contributed by atoms with Crippen molar-refractivity contribution in [2.45, 2.75) is 37.6 Å². The van der Waals surface area contributed by atoms with Gasteiger partial charge in [0.25, 0.3) is 0 Å². The van der Waals surface area contributed by atoms with E-state index in [-0.39, 0.29) is 5.54 Å². The maximum absolute atomic E-state index is 6.30. The Hall–Kier alpha value is 0.140. The van der Waals surface area contributed by atoms with Gasteiger partial charge in [-0.15, -0.1) is 11.3 Å². The van der Waals surface area contributed by atoms with Crippen LogP contribution in [0.5, 0.6) is 0 Å². The molecule has 2 rings (SSSR count). The van der Waals surface area contributed by atoms with Gasteiger partial charge in [0, 0.05) is 21.3 Å². The predicted molar refractivity (Wildman–Crippen MR) is 61.1 cm³/mol. The lowest BCUT2D eigenvalue weighted by molar-refractivity contribution is 0.439. The molecule has 1 aromatic heterocycles. The zero-order valence-corrected chi connectivity index (χ0v) is 9.96. The van der Waals surface area contributed by atoms with Crippen LogP contribution in [-0.4, -0.2) is 5.54 Å². The zero-order chi connectivity index (χ0) is 9.31. The van der Waals surface area contributed by atoms with Crippen LogP contribution in [0.3, 0.4) is 0 Å². The first kappa shape index (κ1) is 9.69. The number of rotatable bonds is 2. The molecule has 0 radical (unpaired) electrons. The summed E-state index contributed by atoms with van der Waals surface area (Å²) in [7, 11) is 0. The lowest BCUT2D eigenvalue weighted by Gasteiger charge is -2.22. The monoisotopic (exact) mass is 259 g/mol. The molecule has 2 N–H and O–H groups in total. The summed E-state index contributed by atoms with van der Waals surface area (Å²) in [6.07, 6.45) is 6.04. The highest BCUT2D eigenvalue weighted by Crippen LogP contribution is 2.34. The fraction of sp³-hybridized carbons (Fsp3) is 0.600. The Morgan fingerprint density at radius 3 is 2.69 bits per heavy atom. The van der Waals surface area contributed by atoms with E-state index < -0.39 is 0 Å². The summed E-state index contributed by atoms with van der Waals surface area (Å²) in [6, 6.07) is 2.11. The summed E-state index contributed by atoms with van der Waals surface area (Å²) in [6.45, 7) is 0. The van der Waals surface area contributed by atoms with Gasteiger partial charge in [0.1, 0.15) is 0 Å². The van der Waals surface area contributed by atoms with Crippen molar-refractivity contribution in [2.24, 2.45) is 5.73 Å². The molecule has 0 saturated heterocycles. The lowest BCUT2D eigenvalue weighted by atomic mass is 9.94. The van der Waals surface area contributed by atoms with Crippen LogP contribution in [0.15, 0.2) is 15.9 Å². The maximum Gasteiger partial charge on any atom is 0.0315 e. The molecule has 1 aliphatic rings. The van der Waals surface area contributed by atoms with Crippen LogP contribution in [-0.2, 0) is 6.42 Å². The molecule has 72 valence electrons. The highest BCUT2D eigenvalue weighted by Gasteiger charge is 2.30. The minimum absolute atomic E-state index is 0.0906. The quantitative estimate of drug-likeness (QED) is 0.867. The molecule has 0 amide bonds. The third-order valence-electron chi connectivity index (χ3n) is 2.80. The van der Waals surface area contributed by atoms with E-state index in [1.54, 1.807) is 0 Å². The van der Waals surface area contributed by atoms with E-state index in [0.717, 1.165) is 6.42 Å². The van der Waals surface area contributed by atoms with Crippen molar-refractivity contribution < 1.29 is 0 Å². The average Bonchev–Trinajstić information content (AvgIpc) is 2.64. The number of hydrogen-bond acceptors (Lipinski definition) is 2. The molecule has 0 unspecified atom stereocenters. The lowest BCUT2D eigenvalue weighted by Crippen LogP contribution is -2.38. The van der Waals surface area contributed by atoms with Gasteiger partial charge >= 0.3 is 0 Å². The van der Waals surface area contributed by atoms with Crippen LogP contribution in [0.2, 0.25) is 0 Å². The average molecular weight is 260 g/mol. The first-order valence-corrected chi connectivity index (χ1v) is 6.38. The number of thiophene rings is 1. The molecule has 0 aliphatic heterocycles. The van der Waals surface area contributed by atoms with Crippen LogP contribution in [0.25, 0.3) is 0 Å². The molecule has 3 heteroatoms. The molecule has 1 aromatic rings. The number of nitrogens with two attached hydrogens (primary N) is 1. The second kappa shape index (κ2) is 3.71. The largest absolute Gasteiger partial charge is 0.325 e. The Labute approximate surface area is 91.5 Å². The van der Waals surface area contributed by atoms with Crippen molar-refractivity contribution in [1.29, 1.82) is 0 Å². The van der Waals surface area contributed by atoms with Crippen LogP contribution in [0, 0.1) is 0 Å². The fourth-order valence-electron chi connectivity index (χ4n) is 2.03. The molecular formula is C10H14BrNS. The molecule has 1 heterocycles. The molecule has 0 spiro atoms. The topological polar surface area (TPSA) is 26.0 Å². The highest BCUT2D eigenvalue weighted by molar-refractivity contribution is 9.10. The summed E-state index contributed by atoms with van der Waals surface area (Å²) < 4.78 is 1.23. The Bertz CT molecular complexity index is 289. The first-order chi connectivity index (χ1) is 6.20. The van der Waals surface area contributed by atoms with Crippen molar-refractivity contribution in [3.05, 3.63) is 20.8 Å². The second-order valence-electron chi connectivity index (χ2n) is 3.94. The fourth-order valence-corrected chi connectivity index (χ4v) is 3.67. The van der Waals surface area contributed by atoms with E-state index >= 15 is 0 Å². The molecule has 0 bridgehead atoms. The summed E-state index contributed by atoms with van der Waals surface area (Å²) in [4.78, 5) is 1.41. The maximum atomic E-state index is 6.30. The van der Waals surface area contributed by atoms with Gasteiger partial charge in [-0.3, -0.25) is 0 Å². The van der Waals surface area contributed by atoms with Crippen LogP contribution in [0.1, 0.15) is 30.6 Å². The summed E-state index contributed by atoms with van der Waals surface area (Å²) >= 11 is 5.36. The van der Waals surface area contributed by atoms with E-state index in [9.17, 15) is 0 Å². The van der Waals surface area contributed by atoms with E-state index in [1.165, 1.54) is 35.0 Å².